The lowest BCUT2D eigenvalue weighted by Crippen LogP contribution is -2.06. The molecule has 2 aromatic rings. The van der Waals surface area contributed by atoms with E-state index in [1.54, 1.807) is 0 Å². The molecule has 0 atom stereocenters. The lowest BCUT2D eigenvalue weighted by atomic mass is 10.0. The standard InChI is InChI=1S/C15H21N3/c1-10-6-7-13(8-11(10)2)15-12(3)14(9-16-4)17-18(15)5/h6-8,16H,9H2,1-5H3. The first-order valence-electron chi connectivity index (χ1n) is 6.29. The molecule has 1 aromatic carbocycles. The fraction of sp³-hybridized carbons (Fsp3) is 0.400. The molecule has 0 saturated carbocycles. The van der Waals surface area contributed by atoms with E-state index in [-0.39, 0.29) is 0 Å². The van der Waals surface area contributed by atoms with Crippen LogP contribution in [0.3, 0.4) is 0 Å². The Kier molecular flexibility index (Phi) is 3.53. The highest BCUT2D eigenvalue weighted by molar-refractivity contribution is 5.65. The SMILES string of the molecule is CNCc1nn(C)c(-c2ccc(C)c(C)c2)c1C. The number of hydrogen-bond acceptors (Lipinski definition) is 2. The molecule has 1 N–H and O–H groups in total. The smallest absolute Gasteiger partial charge is 0.0797 e. The Bertz CT molecular complexity index is 567. The Labute approximate surface area is 109 Å². The van der Waals surface area contributed by atoms with Crippen molar-refractivity contribution in [3.05, 3.63) is 40.6 Å². The second-order valence-corrected chi connectivity index (χ2v) is 4.87. The van der Waals surface area contributed by atoms with Crippen molar-refractivity contribution in [2.75, 3.05) is 7.05 Å². The first-order chi connectivity index (χ1) is 8.54. The molecule has 3 nitrogen and oxygen atoms in total. The Morgan fingerprint density at radius 2 is 1.89 bits per heavy atom. The van der Waals surface area contributed by atoms with E-state index < -0.39 is 0 Å². The molecule has 0 aliphatic heterocycles. The Morgan fingerprint density at radius 3 is 2.50 bits per heavy atom. The number of hydrogen-bond donors (Lipinski definition) is 1. The van der Waals surface area contributed by atoms with E-state index in [1.165, 1.54) is 27.9 Å². The summed E-state index contributed by atoms with van der Waals surface area (Å²) in [6, 6.07) is 6.59. The molecule has 18 heavy (non-hydrogen) atoms. The molecule has 3 heteroatoms. The van der Waals surface area contributed by atoms with Gasteiger partial charge in [-0.1, -0.05) is 12.1 Å². The lowest BCUT2D eigenvalue weighted by Gasteiger charge is -2.07. The quantitative estimate of drug-likeness (QED) is 0.898. The average molecular weight is 243 g/mol. The fourth-order valence-electron chi connectivity index (χ4n) is 2.31. The molecule has 0 spiro atoms. The summed E-state index contributed by atoms with van der Waals surface area (Å²) < 4.78 is 1.98. The first kappa shape index (κ1) is 12.8. The summed E-state index contributed by atoms with van der Waals surface area (Å²) in [6.45, 7) is 7.25. The van der Waals surface area contributed by atoms with E-state index in [1.807, 2.05) is 18.8 Å². The van der Waals surface area contributed by atoms with Crippen molar-refractivity contribution in [2.45, 2.75) is 27.3 Å². The van der Waals surface area contributed by atoms with Crippen LogP contribution in [0.25, 0.3) is 11.3 Å². The van der Waals surface area contributed by atoms with E-state index in [4.69, 9.17) is 0 Å². The summed E-state index contributed by atoms with van der Waals surface area (Å²) in [4.78, 5) is 0. The van der Waals surface area contributed by atoms with Gasteiger partial charge in [0.05, 0.1) is 11.4 Å². The highest BCUT2D eigenvalue weighted by atomic mass is 15.3. The lowest BCUT2D eigenvalue weighted by molar-refractivity contribution is 0.715. The van der Waals surface area contributed by atoms with Gasteiger partial charge in [-0.3, -0.25) is 4.68 Å². The summed E-state index contributed by atoms with van der Waals surface area (Å²) in [6.07, 6.45) is 0. The van der Waals surface area contributed by atoms with Crippen LogP contribution in [-0.4, -0.2) is 16.8 Å². The maximum absolute atomic E-state index is 4.58. The third-order valence-electron chi connectivity index (χ3n) is 3.51. The molecule has 2 rings (SSSR count). The normalized spacial score (nSPS) is 10.9. The van der Waals surface area contributed by atoms with Crippen molar-refractivity contribution in [2.24, 2.45) is 7.05 Å². The van der Waals surface area contributed by atoms with Crippen LogP contribution in [0.2, 0.25) is 0 Å². The van der Waals surface area contributed by atoms with Gasteiger partial charge in [0.15, 0.2) is 0 Å². The van der Waals surface area contributed by atoms with Gasteiger partial charge in [0.2, 0.25) is 0 Å². The van der Waals surface area contributed by atoms with Crippen molar-refractivity contribution in [1.29, 1.82) is 0 Å². The van der Waals surface area contributed by atoms with Crippen LogP contribution < -0.4 is 5.32 Å². The van der Waals surface area contributed by atoms with Crippen molar-refractivity contribution >= 4 is 0 Å². The van der Waals surface area contributed by atoms with E-state index in [0.29, 0.717) is 0 Å². The Balaban J connectivity index is 2.53. The van der Waals surface area contributed by atoms with Crippen LogP contribution in [0, 0.1) is 20.8 Å². The van der Waals surface area contributed by atoms with Crippen LogP contribution in [0.1, 0.15) is 22.4 Å². The van der Waals surface area contributed by atoms with Gasteiger partial charge < -0.3 is 5.32 Å². The third kappa shape index (κ3) is 2.18. The maximum Gasteiger partial charge on any atom is 0.0797 e. The van der Waals surface area contributed by atoms with Crippen LogP contribution in [0.15, 0.2) is 18.2 Å². The molecule has 0 saturated heterocycles. The molecule has 0 fully saturated rings. The first-order valence-corrected chi connectivity index (χ1v) is 6.29. The second-order valence-electron chi connectivity index (χ2n) is 4.87. The van der Waals surface area contributed by atoms with Crippen molar-refractivity contribution in [1.82, 2.24) is 15.1 Å². The summed E-state index contributed by atoms with van der Waals surface area (Å²) >= 11 is 0. The van der Waals surface area contributed by atoms with Gasteiger partial charge >= 0.3 is 0 Å². The van der Waals surface area contributed by atoms with Crippen LogP contribution in [0.5, 0.6) is 0 Å². The van der Waals surface area contributed by atoms with Gasteiger partial charge in [0.25, 0.3) is 0 Å². The summed E-state index contributed by atoms with van der Waals surface area (Å²) in [5.74, 6) is 0. The molecule has 0 unspecified atom stereocenters. The summed E-state index contributed by atoms with van der Waals surface area (Å²) in [5.41, 5.74) is 7.48. The van der Waals surface area contributed by atoms with E-state index >= 15 is 0 Å². The predicted molar refractivity (Wildman–Crippen MR) is 75.6 cm³/mol. The number of aryl methyl sites for hydroxylation is 3. The van der Waals surface area contributed by atoms with E-state index in [2.05, 4.69) is 49.4 Å². The molecule has 0 aliphatic rings. The minimum Gasteiger partial charge on any atom is -0.314 e. The van der Waals surface area contributed by atoms with Crippen molar-refractivity contribution in [3.63, 3.8) is 0 Å². The van der Waals surface area contributed by atoms with Gasteiger partial charge in [-0.25, -0.2) is 0 Å². The van der Waals surface area contributed by atoms with E-state index in [0.717, 1.165) is 12.2 Å². The van der Waals surface area contributed by atoms with Crippen LogP contribution in [0.4, 0.5) is 0 Å². The molecule has 1 aromatic heterocycles. The van der Waals surface area contributed by atoms with Gasteiger partial charge in [-0.15, -0.1) is 0 Å². The molecule has 0 amide bonds. The second kappa shape index (κ2) is 4.94. The number of rotatable bonds is 3. The van der Waals surface area contributed by atoms with Gasteiger partial charge in [-0.2, -0.15) is 5.10 Å². The molecule has 1 heterocycles. The van der Waals surface area contributed by atoms with Crippen molar-refractivity contribution in [3.8, 4) is 11.3 Å². The van der Waals surface area contributed by atoms with Gasteiger partial charge in [-0.05, 0) is 50.6 Å². The number of nitrogens with zero attached hydrogens (tertiary/aromatic N) is 2. The highest BCUT2D eigenvalue weighted by Crippen LogP contribution is 2.26. The third-order valence-corrected chi connectivity index (χ3v) is 3.51. The zero-order valence-electron chi connectivity index (χ0n) is 11.8. The van der Waals surface area contributed by atoms with Crippen LogP contribution >= 0.6 is 0 Å². The van der Waals surface area contributed by atoms with Crippen LogP contribution in [-0.2, 0) is 13.6 Å². The maximum atomic E-state index is 4.58. The molecule has 0 bridgehead atoms. The predicted octanol–water partition coefficient (Wildman–Crippen LogP) is 2.73. The Hall–Kier alpha value is -1.61. The van der Waals surface area contributed by atoms with Gasteiger partial charge in [0, 0.05) is 19.2 Å². The molecular weight excluding hydrogens is 222 g/mol. The zero-order valence-corrected chi connectivity index (χ0v) is 11.8. The molecular formula is C15H21N3. The average Bonchev–Trinajstić information content (AvgIpc) is 2.59. The van der Waals surface area contributed by atoms with Gasteiger partial charge in [0.1, 0.15) is 0 Å². The number of benzene rings is 1. The summed E-state index contributed by atoms with van der Waals surface area (Å²) in [5, 5.41) is 7.74. The summed E-state index contributed by atoms with van der Waals surface area (Å²) in [7, 11) is 3.96. The number of nitrogens with one attached hydrogen (secondary N) is 1. The molecule has 96 valence electrons. The topological polar surface area (TPSA) is 29.9 Å². The fourth-order valence-corrected chi connectivity index (χ4v) is 2.31. The Morgan fingerprint density at radius 1 is 1.17 bits per heavy atom. The highest BCUT2D eigenvalue weighted by Gasteiger charge is 2.13. The molecule has 0 aliphatic carbocycles. The largest absolute Gasteiger partial charge is 0.314 e. The minimum atomic E-state index is 0.810. The minimum absolute atomic E-state index is 0.810. The van der Waals surface area contributed by atoms with E-state index in [9.17, 15) is 0 Å². The number of aromatic nitrogens is 2. The monoisotopic (exact) mass is 243 g/mol. The zero-order chi connectivity index (χ0) is 13.3. The molecule has 0 radical (unpaired) electrons. The van der Waals surface area contributed by atoms with Crippen molar-refractivity contribution < 1.29 is 0 Å².